The van der Waals surface area contributed by atoms with Gasteiger partial charge in [0.05, 0.1) is 6.42 Å². The van der Waals surface area contributed by atoms with Crippen molar-refractivity contribution >= 4 is 33.4 Å². The van der Waals surface area contributed by atoms with Crippen molar-refractivity contribution in [3.63, 3.8) is 0 Å². The second-order valence-corrected chi connectivity index (χ2v) is 5.34. The van der Waals surface area contributed by atoms with Crippen LogP contribution in [0.3, 0.4) is 0 Å². The Balaban J connectivity index is 2.73. The summed E-state index contributed by atoms with van der Waals surface area (Å²) in [7, 11) is 0. The van der Waals surface area contributed by atoms with Crippen LogP contribution in [0.1, 0.15) is 19.4 Å². The van der Waals surface area contributed by atoms with E-state index >= 15 is 0 Å². The summed E-state index contributed by atoms with van der Waals surface area (Å²) in [5, 5.41) is 1.45. The zero-order valence-electron chi connectivity index (χ0n) is 10.1. The van der Waals surface area contributed by atoms with Crippen LogP contribution in [0.2, 0.25) is 5.02 Å². The molecule has 0 aliphatic carbocycles. The maximum atomic E-state index is 12.1. The van der Waals surface area contributed by atoms with Crippen LogP contribution in [0, 0.1) is 0 Å². The van der Waals surface area contributed by atoms with Gasteiger partial charge in [-0.1, -0.05) is 45.7 Å². The second-order valence-electron chi connectivity index (χ2n) is 4.14. The van der Waals surface area contributed by atoms with Crippen molar-refractivity contribution in [1.29, 1.82) is 0 Å². The summed E-state index contributed by atoms with van der Waals surface area (Å²) in [6.07, 6.45) is 0.366. The van der Waals surface area contributed by atoms with E-state index in [1.54, 1.807) is 0 Å². The van der Waals surface area contributed by atoms with E-state index in [0.29, 0.717) is 11.4 Å². The van der Waals surface area contributed by atoms with Gasteiger partial charge in [-0.2, -0.15) is 0 Å². The molecule has 0 heterocycles. The van der Waals surface area contributed by atoms with Crippen molar-refractivity contribution in [1.82, 2.24) is 4.90 Å². The van der Waals surface area contributed by atoms with Crippen molar-refractivity contribution in [2.24, 2.45) is 0 Å². The fourth-order valence-corrected chi connectivity index (χ4v) is 2.25. The average molecular weight is 319 g/mol. The lowest BCUT2D eigenvalue weighted by Gasteiger charge is -2.26. The lowest BCUT2D eigenvalue weighted by Crippen LogP contribution is -2.39. The molecule has 94 valence electrons. The Morgan fingerprint density at radius 3 is 2.59 bits per heavy atom. The minimum atomic E-state index is 0.118. The van der Waals surface area contributed by atoms with Gasteiger partial charge < -0.3 is 4.90 Å². The number of alkyl halides is 1. The molecule has 17 heavy (non-hydrogen) atoms. The number of carbonyl (C=O) groups is 1. The van der Waals surface area contributed by atoms with E-state index < -0.39 is 0 Å². The summed E-state index contributed by atoms with van der Waals surface area (Å²) in [5.41, 5.74) is 0.888. The van der Waals surface area contributed by atoms with E-state index in [-0.39, 0.29) is 11.9 Å². The van der Waals surface area contributed by atoms with Gasteiger partial charge >= 0.3 is 0 Å². The number of hydrogen-bond donors (Lipinski definition) is 0. The van der Waals surface area contributed by atoms with Crippen LogP contribution < -0.4 is 0 Å². The van der Waals surface area contributed by atoms with Crippen LogP contribution in [0.25, 0.3) is 0 Å². The third-order valence-corrected chi connectivity index (χ3v) is 3.29. The van der Waals surface area contributed by atoms with Crippen molar-refractivity contribution < 1.29 is 4.79 Å². The fourth-order valence-electron chi connectivity index (χ4n) is 1.67. The zero-order chi connectivity index (χ0) is 12.8. The molecule has 0 aromatic heterocycles. The molecule has 4 heteroatoms. The number of hydrogen-bond acceptors (Lipinski definition) is 1. The number of halogens is 2. The highest BCUT2D eigenvalue weighted by atomic mass is 79.9. The Bertz CT molecular complexity index is 381. The lowest BCUT2D eigenvalue weighted by molar-refractivity contribution is -0.131. The Morgan fingerprint density at radius 2 is 2.06 bits per heavy atom. The van der Waals surface area contributed by atoms with E-state index in [1.807, 2.05) is 43.0 Å². The molecular formula is C13H17BrClNO. The van der Waals surface area contributed by atoms with Gasteiger partial charge in [0.25, 0.3) is 0 Å². The second kappa shape index (κ2) is 7.02. The van der Waals surface area contributed by atoms with Gasteiger partial charge in [0, 0.05) is 22.9 Å². The first kappa shape index (κ1) is 14.5. The van der Waals surface area contributed by atoms with E-state index in [1.165, 1.54) is 0 Å². The first-order valence-corrected chi connectivity index (χ1v) is 7.15. The molecule has 0 bridgehead atoms. The minimum Gasteiger partial charge on any atom is -0.339 e. The molecular weight excluding hydrogens is 302 g/mol. The minimum absolute atomic E-state index is 0.118. The molecule has 1 aromatic carbocycles. The van der Waals surface area contributed by atoms with Crippen LogP contribution >= 0.6 is 27.5 Å². The third-order valence-electron chi connectivity index (χ3n) is 2.57. The quantitative estimate of drug-likeness (QED) is 0.761. The van der Waals surface area contributed by atoms with E-state index in [4.69, 9.17) is 11.6 Å². The maximum absolute atomic E-state index is 12.1. The Labute approximate surface area is 116 Å². The summed E-state index contributed by atoms with van der Waals surface area (Å²) in [6, 6.07) is 7.69. The Morgan fingerprint density at radius 1 is 1.41 bits per heavy atom. The maximum Gasteiger partial charge on any atom is 0.227 e. The SMILES string of the molecule is CC(C)N(CCBr)C(=O)Cc1ccccc1Cl. The van der Waals surface area contributed by atoms with Gasteiger partial charge in [-0.15, -0.1) is 0 Å². The lowest BCUT2D eigenvalue weighted by atomic mass is 10.1. The summed E-state index contributed by atoms with van der Waals surface area (Å²) in [5.74, 6) is 0.118. The zero-order valence-corrected chi connectivity index (χ0v) is 12.5. The van der Waals surface area contributed by atoms with Gasteiger partial charge in [-0.3, -0.25) is 4.79 Å². The molecule has 0 saturated heterocycles. The molecule has 0 fully saturated rings. The van der Waals surface area contributed by atoms with Crippen molar-refractivity contribution in [2.75, 3.05) is 11.9 Å². The van der Waals surface area contributed by atoms with Crippen molar-refractivity contribution in [3.8, 4) is 0 Å². The smallest absolute Gasteiger partial charge is 0.227 e. The van der Waals surface area contributed by atoms with Gasteiger partial charge in [-0.05, 0) is 25.5 Å². The standard InChI is InChI=1S/C13H17BrClNO/c1-10(2)16(8-7-14)13(17)9-11-5-3-4-6-12(11)15/h3-6,10H,7-9H2,1-2H3. The molecule has 1 aromatic rings. The highest BCUT2D eigenvalue weighted by molar-refractivity contribution is 9.09. The molecule has 0 aliphatic rings. The number of benzene rings is 1. The molecule has 1 amide bonds. The van der Waals surface area contributed by atoms with Gasteiger partial charge in [0.15, 0.2) is 0 Å². The van der Waals surface area contributed by atoms with Crippen molar-refractivity contribution in [2.45, 2.75) is 26.3 Å². The first-order chi connectivity index (χ1) is 8.06. The molecule has 0 N–H and O–H groups in total. The first-order valence-electron chi connectivity index (χ1n) is 5.65. The highest BCUT2D eigenvalue weighted by Crippen LogP contribution is 2.16. The highest BCUT2D eigenvalue weighted by Gasteiger charge is 2.17. The monoisotopic (exact) mass is 317 g/mol. The van der Waals surface area contributed by atoms with Crippen molar-refractivity contribution in [3.05, 3.63) is 34.9 Å². The van der Waals surface area contributed by atoms with E-state index in [9.17, 15) is 4.79 Å². The third kappa shape index (κ3) is 4.32. The van der Waals surface area contributed by atoms with Gasteiger partial charge in [-0.25, -0.2) is 0 Å². The Hall–Kier alpha value is -0.540. The molecule has 1 rings (SSSR count). The van der Waals surface area contributed by atoms with Crippen LogP contribution in [0.5, 0.6) is 0 Å². The normalized spacial score (nSPS) is 10.6. The summed E-state index contributed by atoms with van der Waals surface area (Å²) in [4.78, 5) is 14.0. The molecule has 0 unspecified atom stereocenters. The topological polar surface area (TPSA) is 20.3 Å². The van der Waals surface area contributed by atoms with Crippen LogP contribution in [-0.4, -0.2) is 28.7 Å². The predicted molar refractivity (Wildman–Crippen MR) is 75.8 cm³/mol. The van der Waals surface area contributed by atoms with Gasteiger partial charge in [0.2, 0.25) is 5.91 Å². The van der Waals surface area contributed by atoms with Gasteiger partial charge in [0.1, 0.15) is 0 Å². The molecule has 2 nitrogen and oxygen atoms in total. The summed E-state index contributed by atoms with van der Waals surface area (Å²) < 4.78 is 0. The Kier molecular flexibility index (Phi) is 6.00. The van der Waals surface area contributed by atoms with E-state index in [2.05, 4.69) is 15.9 Å². The number of rotatable bonds is 5. The molecule has 0 atom stereocenters. The van der Waals surface area contributed by atoms with Crippen LogP contribution in [0.4, 0.5) is 0 Å². The molecule has 0 spiro atoms. The number of carbonyl (C=O) groups excluding carboxylic acids is 1. The predicted octanol–water partition coefficient (Wildman–Crippen LogP) is 3.51. The summed E-state index contributed by atoms with van der Waals surface area (Å²) >= 11 is 9.42. The summed E-state index contributed by atoms with van der Waals surface area (Å²) in [6.45, 7) is 4.77. The average Bonchev–Trinajstić information content (AvgIpc) is 2.28. The number of nitrogens with zero attached hydrogens (tertiary/aromatic N) is 1. The molecule has 0 aliphatic heterocycles. The van der Waals surface area contributed by atoms with Crippen LogP contribution in [-0.2, 0) is 11.2 Å². The fraction of sp³-hybridized carbons (Fsp3) is 0.462. The van der Waals surface area contributed by atoms with Crippen LogP contribution in [0.15, 0.2) is 24.3 Å². The van der Waals surface area contributed by atoms with E-state index in [0.717, 1.165) is 17.4 Å². The largest absolute Gasteiger partial charge is 0.339 e. The molecule has 0 saturated carbocycles. The molecule has 0 radical (unpaired) electrons. The number of amides is 1.